The average molecular weight is 280 g/mol. The molecule has 1 aromatic rings. The molecule has 1 heterocycles. The molecule has 0 aliphatic rings. The SMILES string of the molecule is CSCC(CCO)Nc1ncccc1C(F)(F)F. The number of thioether (sulfide) groups is 1. The highest BCUT2D eigenvalue weighted by Crippen LogP contribution is 2.33. The lowest BCUT2D eigenvalue weighted by Crippen LogP contribution is -2.26. The lowest BCUT2D eigenvalue weighted by Gasteiger charge is -2.20. The lowest BCUT2D eigenvalue weighted by molar-refractivity contribution is -0.137. The summed E-state index contributed by atoms with van der Waals surface area (Å²) >= 11 is 1.50. The number of aromatic nitrogens is 1. The summed E-state index contributed by atoms with van der Waals surface area (Å²) in [6.45, 7) is -0.0770. The highest BCUT2D eigenvalue weighted by Gasteiger charge is 2.34. The van der Waals surface area contributed by atoms with Gasteiger partial charge in [0.15, 0.2) is 0 Å². The Kier molecular flexibility index (Phi) is 5.74. The molecule has 0 aromatic carbocycles. The molecule has 0 saturated heterocycles. The molecule has 0 fully saturated rings. The minimum atomic E-state index is -4.43. The van der Waals surface area contributed by atoms with E-state index in [1.165, 1.54) is 24.0 Å². The van der Waals surface area contributed by atoms with Crippen LogP contribution in [0.5, 0.6) is 0 Å². The number of rotatable bonds is 6. The van der Waals surface area contributed by atoms with Crippen LogP contribution in [0.1, 0.15) is 12.0 Å². The van der Waals surface area contributed by atoms with Gasteiger partial charge in [-0.3, -0.25) is 0 Å². The number of halogens is 3. The van der Waals surface area contributed by atoms with Gasteiger partial charge in [0.2, 0.25) is 0 Å². The molecule has 0 saturated carbocycles. The van der Waals surface area contributed by atoms with Crippen molar-refractivity contribution >= 4 is 17.6 Å². The molecular weight excluding hydrogens is 265 g/mol. The van der Waals surface area contributed by atoms with Gasteiger partial charge in [-0.25, -0.2) is 4.98 Å². The second-order valence-electron chi connectivity index (χ2n) is 3.71. The van der Waals surface area contributed by atoms with Crippen molar-refractivity contribution in [2.24, 2.45) is 0 Å². The smallest absolute Gasteiger partial charge is 0.396 e. The predicted octanol–water partition coefficient (Wildman–Crippen LogP) is 2.63. The second kappa shape index (κ2) is 6.84. The highest BCUT2D eigenvalue weighted by molar-refractivity contribution is 7.98. The van der Waals surface area contributed by atoms with Crippen molar-refractivity contribution in [3.05, 3.63) is 23.9 Å². The summed E-state index contributed by atoms with van der Waals surface area (Å²) < 4.78 is 38.2. The van der Waals surface area contributed by atoms with E-state index in [1.54, 1.807) is 0 Å². The number of hydrogen-bond donors (Lipinski definition) is 2. The van der Waals surface area contributed by atoms with Crippen LogP contribution in [0.4, 0.5) is 19.0 Å². The first kappa shape index (κ1) is 15.1. The Morgan fingerprint density at radius 2 is 2.22 bits per heavy atom. The normalized spacial score (nSPS) is 13.4. The van der Waals surface area contributed by atoms with Gasteiger partial charge in [-0.1, -0.05) is 0 Å². The van der Waals surface area contributed by atoms with Crippen LogP contribution < -0.4 is 5.32 Å². The molecule has 3 nitrogen and oxygen atoms in total. The predicted molar refractivity (Wildman–Crippen MR) is 66.7 cm³/mol. The second-order valence-corrected chi connectivity index (χ2v) is 4.62. The average Bonchev–Trinajstić information content (AvgIpc) is 2.29. The number of anilines is 1. The van der Waals surface area contributed by atoms with E-state index in [0.717, 1.165) is 6.07 Å². The Morgan fingerprint density at radius 3 is 2.78 bits per heavy atom. The minimum Gasteiger partial charge on any atom is -0.396 e. The molecule has 102 valence electrons. The molecule has 18 heavy (non-hydrogen) atoms. The maximum atomic E-state index is 12.7. The first-order valence-corrected chi connectivity index (χ1v) is 6.77. The lowest BCUT2D eigenvalue weighted by atomic mass is 10.2. The van der Waals surface area contributed by atoms with Gasteiger partial charge in [-0.2, -0.15) is 24.9 Å². The number of pyridine rings is 1. The van der Waals surface area contributed by atoms with Crippen molar-refractivity contribution in [3.8, 4) is 0 Å². The number of aliphatic hydroxyl groups excluding tert-OH is 1. The quantitative estimate of drug-likeness (QED) is 0.841. The fourth-order valence-corrected chi connectivity index (χ4v) is 2.15. The number of nitrogens with one attached hydrogen (secondary N) is 1. The first-order chi connectivity index (χ1) is 8.49. The summed E-state index contributed by atoms with van der Waals surface area (Å²) in [5, 5.41) is 11.6. The van der Waals surface area contributed by atoms with Gasteiger partial charge in [-0.05, 0) is 24.8 Å². The summed E-state index contributed by atoms with van der Waals surface area (Å²) in [7, 11) is 0. The number of nitrogens with zero attached hydrogens (tertiary/aromatic N) is 1. The van der Waals surface area contributed by atoms with Gasteiger partial charge < -0.3 is 10.4 Å². The highest BCUT2D eigenvalue weighted by atomic mass is 32.2. The van der Waals surface area contributed by atoms with Crippen LogP contribution in [0.3, 0.4) is 0 Å². The summed E-state index contributed by atoms with van der Waals surface area (Å²) in [5.74, 6) is 0.423. The van der Waals surface area contributed by atoms with Crippen molar-refractivity contribution in [2.45, 2.75) is 18.6 Å². The van der Waals surface area contributed by atoms with E-state index >= 15 is 0 Å². The molecule has 7 heteroatoms. The van der Waals surface area contributed by atoms with E-state index in [4.69, 9.17) is 5.11 Å². The van der Waals surface area contributed by atoms with E-state index in [9.17, 15) is 13.2 Å². The van der Waals surface area contributed by atoms with Gasteiger partial charge in [0, 0.05) is 24.6 Å². The summed E-state index contributed by atoms with van der Waals surface area (Å²) in [6, 6.07) is 2.01. The standard InChI is InChI=1S/C11H15F3N2OS/c1-18-7-8(4-6-17)16-10-9(11(12,13)14)3-2-5-15-10/h2-3,5,8,17H,4,6-7H2,1H3,(H,15,16). The molecule has 1 atom stereocenters. The molecule has 2 N–H and O–H groups in total. The monoisotopic (exact) mass is 280 g/mol. The van der Waals surface area contributed by atoms with Crippen LogP contribution in [-0.4, -0.2) is 34.7 Å². The van der Waals surface area contributed by atoms with Crippen molar-refractivity contribution in [3.63, 3.8) is 0 Å². The Morgan fingerprint density at radius 1 is 1.50 bits per heavy atom. The molecule has 1 unspecified atom stereocenters. The minimum absolute atomic E-state index is 0.0770. The molecule has 1 aromatic heterocycles. The van der Waals surface area contributed by atoms with Gasteiger partial charge in [0.1, 0.15) is 5.82 Å². The topological polar surface area (TPSA) is 45.1 Å². The molecule has 0 radical (unpaired) electrons. The summed E-state index contributed by atoms with van der Waals surface area (Å²) in [4.78, 5) is 3.73. The number of aliphatic hydroxyl groups is 1. The Balaban J connectivity index is 2.88. The zero-order chi connectivity index (χ0) is 13.6. The molecule has 0 spiro atoms. The fourth-order valence-electron chi connectivity index (χ4n) is 1.50. The third-order valence-electron chi connectivity index (χ3n) is 2.30. The van der Waals surface area contributed by atoms with Crippen LogP contribution in [-0.2, 0) is 6.18 Å². The number of hydrogen-bond acceptors (Lipinski definition) is 4. The molecule has 0 aliphatic carbocycles. The number of alkyl halides is 3. The van der Waals surface area contributed by atoms with E-state index in [0.29, 0.717) is 12.2 Å². The largest absolute Gasteiger partial charge is 0.419 e. The van der Waals surface area contributed by atoms with Gasteiger partial charge in [0.25, 0.3) is 0 Å². The molecule has 1 rings (SSSR count). The molecule has 0 bridgehead atoms. The Labute approximate surface area is 108 Å². The van der Waals surface area contributed by atoms with E-state index in [2.05, 4.69) is 10.3 Å². The van der Waals surface area contributed by atoms with Crippen LogP contribution >= 0.6 is 11.8 Å². The van der Waals surface area contributed by atoms with E-state index in [1.807, 2.05) is 6.26 Å². The van der Waals surface area contributed by atoms with Crippen LogP contribution in [0, 0.1) is 0 Å². The maximum Gasteiger partial charge on any atom is 0.419 e. The fraction of sp³-hybridized carbons (Fsp3) is 0.545. The van der Waals surface area contributed by atoms with Crippen LogP contribution in [0.25, 0.3) is 0 Å². The van der Waals surface area contributed by atoms with Crippen molar-refractivity contribution < 1.29 is 18.3 Å². The van der Waals surface area contributed by atoms with E-state index < -0.39 is 11.7 Å². The third kappa shape index (κ3) is 4.38. The third-order valence-corrected chi connectivity index (χ3v) is 3.04. The van der Waals surface area contributed by atoms with Gasteiger partial charge >= 0.3 is 6.18 Å². The van der Waals surface area contributed by atoms with Gasteiger partial charge in [0.05, 0.1) is 5.56 Å². The summed E-state index contributed by atoms with van der Waals surface area (Å²) in [5.41, 5.74) is -0.783. The molecule has 0 aliphatic heterocycles. The van der Waals surface area contributed by atoms with Crippen molar-refractivity contribution in [1.82, 2.24) is 4.98 Å². The van der Waals surface area contributed by atoms with Crippen LogP contribution in [0.2, 0.25) is 0 Å². The molecular formula is C11H15F3N2OS. The summed E-state index contributed by atoms with van der Waals surface area (Å²) in [6.07, 6.45) is -0.879. The maximum absolute atomic E-state index is 12.7. The van der Waals surface area contributed by atoms with Crippen molar-refractivity contribution in [2.75, 3.05) is 23.9 Å². The van der Waals surface area contributed by atoms with Gasteiger partial charge in [-0.15, -0.1) is 0 Å². The molecule has 0 amide bonds. The van der Waals surface area contributed by atoms with E-state index in [-0.39, 0.29) is 18.5 Å². The zero-order valence-corrected chi connectivity index (χ0v) is 10.7. The van der Waals surface area contributed by atoms with Crippen LogP contribution in [0.15, 0.2) is 18.3 Å². The Hall–Kier alpha value is -0.950. The van der Waals surface area contributed by atoms with Crippen molar-refractivity contribution in [1.29, 1.82) is 0 Å². The Bertz CT molecular complexity index is 368. The first-order valence-electron chi connectivity index (χ1n) is 5.37. The zero-order valence-electron chi connectivity index (χ0n) is 9.87.